The van der Waals surface area contributed by atoms with Crippen molar-refractivity contribution in [2.45, 2.75) is 52.4 Å². The zero-order chi connectivity index (χ0) is 16.7. The van der Waals surface area contributed by atoms with Crippen molar-refractivity contribution in [2.24, 2.45) is 0 Å². The van der Waals surface area contributed by atoms with Crippen molar-refractivity contribution in [1.82, 2.24) is 0 Å². The summed E-state index contributed by atoms with van der Waals surface area (Å²) < 4.78 is 0. The molecule has 2 heteroatoms. The van der Waals surface area contributed by atoms with Gasteiger partial charge in [-0.15, -0.1) is 0 Å². The third-order valence-electron chi connectivity index (χ3n) is 3.97. The number of anilines is 1. The van der Waals surface area contributed by atoms with Gasteiger partial charge in [-0.2, -0.15) is 0 Å². The van der Waals surface area contributed by atoms with Crippen LogP contribution in [0.15, 0.2) is 36.4 Å². The second kappa shape index (κ2) is 5.35. The molecule has 0 aliphatic rings. The number of aromatic hydroxyl groups is 1. The van der Waals surface area contributed by atoms with E-state index in [1.165, 1.54) is 0 Å². The van der Waals surface area contributed by atoms with E-state index in [1.54, 1.807) is 0 Å². The predicted octanol–water partition coefficient (Wildman–Crippen LogP) is 5.24. The number of hydrogen-bond donors (Lipinski definition) is 2. The maximum absolute atomic E-state index is 10.8. The molecule has 0 aromatic heterocycles. The molecule has 2 aromatic rings. The summed E-state index contributed by atoms with van der Waals surface area (Å²) in [7, 11) is 0. The molecule has 118 valence electrons. The molecule has 0 saturated heterocycles. The maximum Gasteiger partial charge on any atom is 0.123 e. The van der Waals surface area contributed by atoms with Crippen molar-refractivity contribution in [1.29, 1.82) is 0 Å². The maximum atomic E-state index is 10.8. The van der Waals surface area contributed by atoms with Crippen LogP contribution in [0.5, 0.6) is 5.75 Å². The van der Waals surface area contributed by atoms with Gasteiger partial charge in [-0.05, 0) is 46.2 Å². The van der Waals surface area contributed by atoms with Crippen LogP contribution in [0.4, 0.5) is 5.69 Å². The molecule has 2 aromatic carbocycles. The van der Waals surface area contributed by atoms with E-state index in [0.29, 0.717) is 5.75 Å². The summed E-state index contributed by atoms with van der Waals surface area (Å²) in [6, 6.07) is 12.1. The van der Waals surface area contributed by atoms with Crippen molar-refractivity contribution >= 4 is 5.69 Å². The number of nitrogen functional groups attached to an aromatic ring is 1. The number of phenols is 1. The summed E-state index contributed by atoms with van der Waals surface area (Å²) >= 11 is 0. The molecule has 0 atom stereocenters. The average molecular weight is 297 g/mol. The fraction of sp³-hybridized carbons (Fsp3) is 0.400. The zero-order valence-corrected chi connectivity index (χ0v) is 14.5. The van der Waals surface area contributed by atoms with Crippen LogP contribution in [0.2, 0.25) is 0 Å². The van der Waals surface area contributed by atoms with Crippen LogP contribution in [0.25, 0.3) is 11.1 Å². The van der Waals surface area contributed by atoms with Gasteiger partial charge in [0.25, 0.3) is 0 Å². The fourth-order valence-corrected chi connectivity index (χ4v) is 2.62. The lowest BCUT2D eigenvalue weighted by atomic mass is 9.78. The van der Waals surface area contributed by atoms with Crippen molar-refractivity contribution in [3.8, 4) is 16.9 Å². The van der Waals surface area contributed by atoms with Gasteiger partial charge in [0.05, 0.1) is 0 Å². The molecule has 2 rings (SSSR count). The third-order valence-corrected chi connectivity index (χ3v) is 3.97. The van der Waals surface area contributed by atoms with Crippen LogP contribution in [-0.4, -0.2) is 5.11 Å². The van der Waals surface area contributed by atoms with E-state index in [-0.39, 0.29) is 10.8 Å². The Morgan fingerprint density at radius 1 is 0.727 bits per heavy atom. The van der Waals surface area contributed by atoms with E-state index in [1.807, 2.05) is 24.3 Å². The molecular formula is C20H27NO. The van der Waals surface area contributed by atoms with Crippen LogP contribution >= 0.6 is 0 Å². The fourth-order valence-electron chi connectivity index (χ4n) is 2.62. The first-order chi connectivity index (χ1) is 10.00. The van der Waals surface area contributed by atoms with Crippen molar-refractivity contribution in [3.63, 3.8) is 0 Å². The van der Waals surface area contributed by atoms with Gasteiger partial charge in [0.1, 0.15) is 5.75 Å². The highest BCUT2D eigenvalue weighted by Gasteiger charge is 2.26. The molecular weight excluding hydrogens is 270 g/mol. The quantitative estimate of drug-likeness (QED) is 0.707. The van der Waals surface area contributed by atoms with Crippen LogP contribution in [0, 0.1) is 0 Å². The first-order valence-electron chi connectivity index (χ1n) is 7.74. The second-order valence-electron chi connectivity index (χ2n) is 8.04. The van der Waals surface area contributed by atoms with Crippen molar-refractivity contribution in [3.05, 3.63) is 47.5 Å². The molecule has 0 saturated carbocycles. The Morgan fingerprint density at radius 3 is 1.50 bits per heavy atom. The third kappa shape index (κ3) is 3.27. The summed E-state index contributed by atoms with van der Waals surface area (Å²) in [5, 5.41) is 10.8. The summed E-state index contributed by atoms with van der Waals surface area (Å²) in [6.07, 6.45) is 0. The first kappa shape index (κ1) is 16.4. The minimum atomic E-state index is -0.117. The molecule has 0 aliphatic carbocycles. The lowest BCUT2D eigenvalue weighted by Gasteiger charge is -2.28. The largest absolute Gasteiger partial charge is 0.507 e. The highest BCUT2D eigenvalue weighted by atomic mass is 16.3. The van der Waals surface area contributed by atoms with E-state index in [0.717, 1.165) is 27.9 Å². The summed E-state index contributed by atoms with van der Waals surface area (Å²) in [5.41, 5.74) is 10.5. The van der Waals surface area contributed by atoms with Crippen molar-refractivity contribution < 1.29 is 5.11 Å². The molecule has 0 spiro atoms. The Bertz CT molecular complexity index is 635. The number of nitrogens with two attached hydrogens (primary N) is 1. The second-order valence-corrected chi connectivity index (χ2v) is 8.04. The standard InChI is InChI=1S/C20H27NO/c1-19(2,3)16-11-14(13-7-9-15(21)10-8-13)12-17(18(16)22)20(4,5)6/h7-12,22H,21H2,1-6H3. The van der Waals surface area contributed by atoms with Gasteiger partial charge in [0, 0.05) is 16.8 Å². The van der Waals surface area contributed by atoms with Crippen molar-refractivity contribution in [2.75, 3.05) is 5.73 Å². The van der Waals surface area contributed by atoms with Crippen LogP contribution in [-0.2, 0) is 10.8 Å². The van der Waals surface area contributed by atoms with Crippen LogP contribution in [0.3, 0.4) is 0 Å². The summed E-state index contributed by atoms with van der Waals surface area (Å²) in [6.45, 7) is 12.8. The molecule has 0 unspecified atom stereocenters. The Hall–Kier alpha value is -1.96. The summed E-state index contributed by atoms with van der Waals surface area (Å²) in [5.74, 6) is 0.416. The Morgan fingerprint density at radius 2 is 1.14 bits per heavy atom. The number of hydrogen-bond acceptors (Lipinski definition) is 2. The van der Waals surface area contributed by atoms with Gasteiger partial charge in [0.15, 0.2) is 0 Å². The van der Waals surface area contributed by atoms with Gasteiger partial charge >= 0.3 is 0 Å². The van der Waals surface area contributed by atoms with Crippen LogP contribution in [0.1, 0.15) is 52.7 Å². The Balaban J connectivity index is 2.73. The monoisotopic (exact) mass is 297 g/mol. The van der Waals surface area contributed by atoms with Crippen LogP contribution < -0.4 is 5.73 Å². The number of benzene rings is 2. The minimum absolute atomic E-state index is 0.117. The smallest absolute Gasteiger partial charge is 0.123 e. The lowest BCUT2D eigenvalue weighted by molar-refractivity contribution is 0.423. The Labute approximate surface area is 134 Å². The zero-order valence-electron chi connectivity index (χ0n) is 14.5. The van der Waals surface area contributed by atoms with E-state index >= 15 is 0 Å². The average Bonchev–Trinajstić information content (AvgIpc) is 2.37. The molecule has 22 heavy (non-hydrogen) atoms. The lowest BCUT2D eigenvalue weighted by Crippen LogP contribution is -2.17. The molecule has 0 amide bonds. The number of rotatable bonds is 1. The van der Waals surface area contributed by atoms with Gasteiger partial charge in [-0.1, -0.05) is 53.7 Å². The molecule has 3 N–H and O–H groups in total. The minimum Gasteiger partial charge on any atom is -0.507 e. The normalized spacial score (nSPS) is 12.5. The highest BCUT2D eigenvalue weighted by molar-refractivity contribution is 5.70. The topological polar surface area (TPSA) is 46.2 Å². The van der Waals surface area contributed by atoms with Gasteiger partial charge in [-0.3, -0.25) is 0 Å². The SMILES string of the molecule is CC(C)(C)c1cc(-c2ccc(N)cc2)cc(C(C)(C)C)c1O. The predicted molar refractivity (Wildman–Crippen MR) is 95.4 cm³/mol. The molecule has 2 nitrogen and oxygen atoms in total. The van der Waals surface area contributed by atoms with E-state index in [9.17, 15) is 5.11 Å². The number of phenolic OH excluding ortho intramolecular Hbond substituents is 1. The van der Waals surface area contributed by atoms with E-state index in [2.05, 4.69) is 53.7 Å². The first-order valence-corrected chi connectivity index (χ1v) is 7.74. The molecule has 0 bridgehead atoms. The summed E-state index contributed by atoms with van der Waals surface area (Å²) in [4.78, 5) is 0. The molecule has 0 fully saturated rings. The van der Waals surface area contributed by atoms with E-state index in [4.69, 9.17) is 5.73 Å². The molecule has 0 heterocycles. The molecule has 0 radical (unpaired) electrons. The highest BCUT2D eigenvalue weighted by Crippen LogP contribution is 2.41. The Kier molecular flexibility index (Phi) is 3.99. The van der Waals surface area contributed by atoms with Gasteiger partial charge < -0.3 is 10.8 Å². The van der Waals surface area contributed by atoms with Gasteiger partial charge in [0.2, 0.25) is 0 Å². The molecule has 0 aliphatic heterocycles. The van der Waals surface area contributed by atoms with E-state index < -0.39 is 0 Å². The van der Waals surface area contributed by atoms with Gasteiger partial charge in [-0.25, -0.2) is 0 Å².